The van der Waals surface area contributed by atoms with Crippen LogP contribution in [0.4, 0.5) is 10.1 Å². The number of halogens is 1. The van der Waals surface area contributed by atoms with Crippen LogP contribution in [0, 0.1) is 17.1 Å². The Morgan fingerprint density at radius 1 is 1.26 bits per heavy atom. The van der Waals surface area contributed by atoms with Gasteiger partial charge in [0.15, 0.2) is 0 Å². The first-order valence-corrected chi connectivity index (χ1v) is 7.67. The third-order valence-electron chi connectivity index (χ3n) is 3.60. The molecule has 0 aliphatic carbocycles. The summed E-state index contributed by atoms with van der Waals surface area (Å²) in [6.45, 7) is 6.64. The minimum Gasteiger partial charge on any atom is -0.373 e. The van der Waals surface area contributed by atoms with Crippen LogP contribution in [0.2, 0.25) is 0 Å². The first kappa shape index (κ1) is 16.8. The predicted molar refractivity (Wildman–Crippen MR) is 87.2 cm³/mol. The zero-order valence-corrected chi connectivity index (χ0v) is 13.4. The molecule has 1 aromatic carbocycles. The van der Waals surface area contributed by atoms with E-state index in [4.69, 9.17) is 5.26 Å². The Balaban J connectivity index is 1.95. The quantitative estimate of drug-likeness (QED) is 0.681. The maximum atomic E-state index is 13.0. The zero-order valence-electron chi connectivity index (χ0n) is 13.4. The van der Waals surface area contributed by atoms with Crippen molar-refractivity contribution in [3.8, 4) is 6.07 Å². The van der Waals surface area contributed by atoms with Crippen LogP contribution < -0.4 is 10.2 Å². The molecule has 0 unspecified atom stereocenters. The molecule has 1 heterocycles. The van der Waals surface area contributed by atoms with Gasteiger partial charge in [-0.05, 0) is 38.1 Å². The maximum absolute atomic E-state index is 13.0. The zero-order chi connectivity index (χ0) is 16.8. The lowest BCUT2D eigenvalue weighted by Gasteiger charge is -2.35. The van der Waals surface area contributed by atoms with Crippen molar-refractivity contribution in [3.63, 3.8) is 0 Å². The average Bonchev–Trinajstić information content (AvgIpc) is 2.53. The van der Waals surface area contributed by atoms with Gasteiger partial charge in [0.2, 0.25) is 0 Å². The van der Waals surface area contributed by atoms with E-state index in [1.165, 1.54) is 12.1 Å². The second-order valence-electron chi connectivity index (χ2n) is 5.78. The molecule has 23 heavy (non-hydrogen) atoms. The summed E-state index contributed by atoms with van der Waals surface area (Å²) in [5, 5.41) is 11.9. The Hall–Kier alpha value is -2.55. The largest absolute Gasteiger partial charge is 0.373 e. The van der Waals surface area contributed by atoms with Crippen molar-refractivity contribution < 1.29 is 9.18 Å². The van der Waals surface area contributed by atoms with Gasteiger partial charge in [-0.25, -0.2) is 4.39 Å². The third kappa shape index (κ3) is 4.71. The lowest BCUT2D eigenvalue weighted by atomic mass is 10.2. The molecule has 0 aromatic heterocycles. The topological polar surface area (TPSA) is 59.4 Å². The monoisotopic (exact) mass is 316 g/mol. The van der Waals surface area contributed by atoms with Crippen LogP contribution in [0.1, 0.15) is 13.8 Å². The Morgan fingerprint density at radius 3 is 2.39 bits per heavy atom. The van der Waals surface area contributed by atoms with Gasteiger partial charge in [0.05, 0.1) is 0 Å². The first-order valence-electron chi connectivity index (χ1n) is 7.67. The van der Waals surface area contributed by atoms with E-state index in [1.54, 1.807) is 18.3 Å². The minimum absolute atomic E-state index is 0.00502. The van der Waals surface area contributed by atoms with E-state index in [1.807, 2.05) is 24.8 Å². The molecule has 122 valence electrons. The predicted octanol–water partition coefficient (Wildman–Crippen LogP) is 1.88. The van der Waals surface area contributed by atoms with E-state index < -0.39 is 0 Å². The smallest absolute Gasteiger partial charge is 0.263 e. The summed E-state index contributed by atoms with van der Waals surface area (Å²) in [5.41, 5.74) is 1.10. The van der Waals surface area contributed by atoms with Gasteiger partial charge in [-0.15, -0.1) is 0 Å². The molecule has 0 bridgehead atoms. The van der Waals surface area contributed by atoms with Crippen LogP contribution in [-0.2, 0) is 4.79 Å². The number of benzene rings is 1. The molecule has 1 saturated heterocycles. The summed E-state index contributed by atoms with van der Waals surface area (Å²) in [6.07, 6.45) is 1.62. The molecule has 1 aliphatic heterocycles. The highest BCUT2D eigenvalue weighted by molar-refractivity contribution is 5.97. The van der Waals surface area contributed by atoms with Gasteiger partial charge in [0.1, 0.15) is 17.5 Å². The fourth-order valence-corrected chi connectivity index (χ4v) is 2.42. The summed E-state index contributed by atoms with van der Waals surface area (Å²) in [5.74, 6) is -0.589. The number of carbonyl (C=O) groups is 1. The molecule has 5 nitrogen and oxygen atoms in total. The molecule has 6 heteroatoms. The highest BCUT2D eigenvalue weighted by atomic mass is 19.1. The Kier molecular flexibility index (Phi) is 5.58. The number of piperazine rings is 1. The lowest BCUT2D eigenvalue weighted by Crippen LogP contribution is -2.44. The van der Waals surface area contributed by atoms with Crippen molar-refractivity contribution >= 4 is 11.6 Å². The number of anilines is 1. The van der Waals surface area contributed by atoms with Crippen LogP contribution in [0.5, 0.6) is 0 Å². The normalized spacial score (nSPS) is 15.5. The van der Waals surface area contributed by atoms with Crippen LogP contribution in [-0.4, -0.2) is 43.0 Å². The Labute approximate surface area is 136 Å². The van der Waals surface area contributed by atoms with Crippen molar-refractivity contribution in [1.82, 2.24) is 10.2 Å². The van der Waals surface area contributed by atoms with E-state index in [0.717, 1.165) is 18.8 Å². The highest BCUT2D eigenvalue weighted by Crippen LogP contribution is 2.17. The molecule has 1 N–H and O–H groups in total. The van der Waals surface area contributed by atoms with E-state index >= 15 is 0 Å². The second kappa shape index (κ2) is 7.63. The van der Waals surface area contributed by atoms with Gasteiger partial charge in [0.25, 0.3) is 5.91 Å². The van der Waals surface area contributed by atoms with E-state index in [-0.39, 0.29) is 23.3 Å². The number of hydrogen-bond donors (Lipinski definition) is 1. The highest BCUT2D eigenvalue weighted by Gasteiger charge is 2.18. The molecule has 1 aliphatic rings. The number of nitrogens with one attached hydrogen (secondary N) is 1. The fourth-order valence-electron chi connectivity index (χ4n) is 2.42. The number of nitrogens with zero attached hydrogens (tertiary/aromatic N) is 3. The Bertz CT molecular complexity index is 610. The lowest BCUT2D eigenvalue weighted by molar-refractivity contribution is -0.117. The molecule has 1 fully saturated rings. The molecule has 1 aromatic rings. The van der Waals surface area contributed by atoms with E-state index in [2.05, 4.69) is 10.2 Å². The van der Waals surface area contributed by atoms with E-state index in [0.29, 0.717) is 13.1 Å². The number of hydrogen-bond acceptors (Lipinski definition) is 4. The average molecular weight is 316 g/mol. The van der Waals surface area contributed by atoms with Crippen molar-refractivity contribution in [2.45, 2.75) is 19.9 Å². The van der Waals surface area contributed by atoms with Crippen LogP contribution in [0.3, 0.4) is 0 Å². The van der Waals surface area contributed by atoms with Gasteiger partial charge in [0, 0.05) is 44.1 Å². The van der Waals surface area contributed by atoms with Crippen LogP contribution >= 0.6 is 0 Å². The molecule has 1 amide bonds. The van der Waals surface area contributed by atoms with Crippen LogP contribution in [0.15, 0.2) is 36.0 Å². The van der Waals surface area contributed by atoms with Crippen molar-refractivity contribution in [3.05, 3.63) is 41.9 Å². The molecular weight excluding hydrogens is 295 g/mol. The first-order chi connectivity index (χ1) is 11.0. The summed E-state index contributed by atoms with van der Waals surface area (Å²) in [7, 11) is 0. The van der Waals surface area contributed by atoms with Gasteiger partial charge < -0.3 is 15.1 Å². The van der Waals surface area contributed by atoms with Crippen molar-refractivity contribution in [2.75, 3.05) is 31.1 Å². The number of nitriles is 1. The standard InChI is InChI=1S/C17H21FN4O/c1-13(2)20-17(23)14(11-19)12-21-7-9-22(10-8-21)16-5-3-15(18)4-6-16/h3-6,12-13H,7-10H2,1-2H3,(H,20,23)/b14-12-. The molecular formula is C17H21FN4O. The summed E-state index contributed by atoms with van der Waals surface area (Å²) >= 11 is 0. The summed E-state index contributed by atoms with van der Waals surface area (Å²) in [4.78, 5) is 16.0. The number of rotatable bonds is 4. The number of carbonyl (C=O) groups excluding carboxylic acids is 1. The van der Waals surface area contributed by atoms with Crippen molar-refractivity contribution in [2.24, 2.45) is 0 Å². The minimum atomic E-state index is -0.344. The van der Waals surface area contributed by atoms with E-state index in [9.17, 15) is 9.18 Å². The molecule has 0 atom stereocenters. The van der Waals surface area contributed by atoms with Gasteiger partial charge in [-0.3, -0.25) is 4.79 Å². The SMILES string of the molecule is CC(C)NC(=O)/C(C#N)=C\N1CCN(c2ccc(F)cc2)CC1. The summed E-state index contributed by atoms with van der Waals surface area (Å²) in [6, 6.07) is 8.37. The van der Waals surface area contributed by atoms with Crippen LogP contribution in [0.25, 0.3) is 0 Å². The third-order valence-corrected chi connectivity index (χ3v) is 3.60. The summed E-state index contributed by atoms with van der Waals surface area (Å²) < 4.78 is 13.0. The molecule has 0 spiro atoms. The molecule has 0 radical (unpaired) electrons. The number of amides is 1. The van der Waals surface area contributed by atoms with Gasteiger partial charge >= 0.3 is 0 Å². The maximum Gasteiger partial charge on any atom is 0.263 e. The fraction of sp³-hybridized carbons (Fsp3) is 0.412. The molecule has 2 rings (SSSR count). The molecule has 0 saturated carbocycles. The van der Waals surface area contributed by atoms with Gasteiger partial charge in [-0.1, -0.05) is 0 Å². The Morgan fingerprint density at radius 2 is 1.87 bits per heavy atom. The second-order valence-corrected chi connectivity index (χ2v) is 5.78. The van der Waals surface area contributed by atoms with Crippen molar-refractivity contribution in [1.29, 1.82) is 5.26 Å². The van der Waals surface area contributed by atoms with Gasteiger partial charge in [-0.2, -0.15) is 5.26 Å².